The van der Waals surface area contributed by atoms with Gasteiger partial charge in [-0.1, -0.05) is 37.3 Å². The van der Waals surface area contributed by atoms with Crippen LogP contribution in [-0.2, 0) is 4.79 Å². The topological polar surface area (TPSA) is 17.1 Å². The molecule has 1 rings (SSSR count). The highest BCUT2D eigenvalue weighted by molar-refractivity contribution is 7.59. The van der Waals surface area contributed by atoms with E-state index in [0.29, 0.717) is 0 Å². The Labute approximate surface area is 84.2 Å². The Morgan fingerprint density at radius 1 is 1.33 bits per heavy atom. The SMILES string of the molecule is C[C@H](C(=O)Cl)c1ccccc1.S. The second-order valence-corrected chi connectivity index (χ2v) is 2.81. The summed E-state index contributed by atoms with van der Waals surface area (Å²) >= 11 is 5.32. The van der Waals surface area contributed by atoms with Gasteiger partial charge < -0.3 is 0 Å². The van der Waals surface area contributed by atoms with Crippen molar-refractivity contribution in [2.24, 2.45) is 0 Å². The number of hydrogen-bond donors (Lipinski definition) is 0. The summed E-state index contributed by atoms with van der Waals surface area (Å²) in [5.74, 6) is -0.196. The molecule has 0 amide bonds. The molecule has 66 valence electrons. The van der Waals surface area contributed by atoms with Gasteiger partial charge in [-0.2, -0.15) is 13.5 Å². The van der Waals surface area contributed by atoms with Crippen molar-refractivity contribution in [2.75, 3.05) is 0 Å². The average Bonchev–Trinajstić information content (AvgIpc) is 2.05. The summed E-state index contributed by atoms with van der Waals surface area (Å²) in [4.78, 5) is 10.7. The summed E-state index contributed by atoms with van der Waals surface area (Å²) in [6.45, 7) is 1.80. The van der Waals surface area contributed by atoms with Crippen LogP contribution < -0.4 is 0 Å². The standard InChI is InChI=1S/C9H9ClO.H2S/c1-7(9(10)11)8-5-3-2-4-6-8;/h2-7H,1H3;1H2/t7-;/m0./s1. The Kier molecular flexibility index (Phi) is 5.02. The maximum atomic E-state index is 10.7. The van der Waals surface area contributed by atoms with Crippen LogP contribution in [0.5, 0.6) is 0 Å². The molecule has 0 spiro atoms. The summed E-state index contributed by atoms with van der Waals surface area (Å²) in [5.41, 5.74) is 0.965. The molecular weight excluding hydrogens is 192 g/mol. The molecule has 1 nitrogen and oxygen atoms in total. The molecule has 12 heavy (non-hydrogen) atoms. The molecule has 0 aliphatic heterocycles. The van der Waals surface area contributed by atoms with Crippen molar-refractivity contribution in [1.82, 2.24) is 0 Å². The minimum atomic E-state index is -0.309. The molecule has 1 atom stereocenters. The zero-order valence-electron chi connectivity index (χ0n) is 6.75. The Balaban J connectivity index is 0.00000121. The third-order valence-corrected chi connectivity index (χ3v) is 1.97. The van der Waals surface area contributed by atoms with Crippen LogP contribution in [0.15, 0.2) is 30.3 Å². The summed E-state index contributed by atoms with van der Waals surface area (Å²) in [6, 6.07) is 9.49. The molecule has 1 aromatic carbocycles. The molecule has 0 radical (unpaired) electrons. The maximum absolute atomic E-state index is 10.7. The quantitative estimate of drug-likeness (QED) is 0.674. The minimum absolute atomic E-state index is 0. The molecule has 0 aromatic heterocycles. The molecule has 0 heterocycles. The first-order valence-electron chi connectivity index (χ1n) is 3.46. The molecule has 0 saturated carbocycles. The van der Waals surface area contributed by atoms with Crippen molar-refractivity contribution < 1.29 is 4.79 Å². The van der Waals surface area contributed by atoms with Crippen LogP contribution >= 0.6 is 25.1 Å². The van der Waals surface area contributed by atoms with Gasteiger partial charge in [0.25, 0.3) is 0 Å². The maximum Gasteiger partial charge on any atom is 0.228 e. The number of halogens is 1. The fourth-order valence-electron chi connectivity index (χ4n) is 0.873. The van der Waals surface area contributed by atoms with Gasteiger partial charge in [0.15, 0.2) is 0 Å². The van der Waals surface area contributed by atoms with Crippen LogP contribution in [0.1, 0.15) is 18.4 Å². The lowest BCUT2D eigenvalue weighted by Crippen LogP contribution is -2.00. The van der Waals surface area contributed by atoms with Crippen LogP contribution in [0.2, 0.25) is 0 Å². The van der Waals surface area contributed by atoms with E-state index >= 15 is 0 Å². The highest BCUT2D eigenvalue weighted by Crippen LogP contribution is 2.16. The third kappa shape index (κ3) is 2.88. The molecule has 0 bridgehead atoms. The molecule has 0 saturated heterocycles. The first kappa shape index (κ1) is 11.5. The number of carbonyl (C=O) groups excluding carboxylic acids is 1. The summed E-state index contributed by atoms with van der Waals surface area (Å²) in [5, 5.41) is -0.309. The fraction of sp³-hybridized carbons (Fsp3) is 0.222. The van der Waals surface area contributed by atoms with E-state index in [2.05, 4.69) is 0 Å². The van der Waals surface area contributed by atoms with Gasteiger partial charge in [-0.25, -0.2) is 0 Å². The average molecular weight is 203 g/mol. The van der Waals surface area contributed by atoms with E-state index in [-0.39, 0.29) is 24.7 Å². The second kappa shape index (κ2) is 5.22. The normalized spacial score (nSPS) is 11.5. The van der Waals surface area contributed by atoms with Crippen LogP contribution in [-0.4, -0.2) is 5.24 Å². The van der Waals surface area contributed by atoms with Gasteiger partial charge >= 0.3 is 0 Å². The number of hydrogen-bond acceptors (Lipinski definition) is 1. The Morgan fingerprint density at radius 2 is 1.83 bits per heavy atom. The van der Waals surface area contributed by atoms with Crippen molar-refractivity contribution in [3.05, 3.63) is 35.9 Å². The zero-order valence-corrected chi connectivity index (χ0v) is 8.51. The van der Waals surface area contributed by atoms with Gasteiger partial charge in [0.05, 0.1) is 5.92 Å². The first-order valence-corrected chi connectivity index (χ1v) is 3.84. The lowest BCUT2D eigenvalue weighted by Gasteiger charge is -2.04. The van der Waals surface area contributed by atoms with Crippen LogP contribution in [0.25, 0.3) is 0 Å². The minimum Gasteiger partial charge on any atom is -0.281 e. The van der Waals surface area contributed by atoms with Crippen molar-refractivity contribution in [3.63, 3.8) is 0 Å². The Bertz CT molecular complexity index is 248. The fourth-order valence-corrected chi connectivity index (χ4v) is 0.999. The van der Waals surface area contributed by atoms with Gasteiger partial charge in [-0.3, -0.25) is 4.79 Å². The highest BCUT2D eigenvalue weighted by atomic mass is 35.5. The van der Waals surface area contributed by atoms with E-state index in [0.717, 1.165) is 5.56 Å². The van der Waals surface area contributed by atoms with Gasteiger partial charge in [0, 0.05) is 0 Å². The van der Waals surface area contributed by atoms with E-state index in [1.165, 1.54) is 0 Å². The summed E-state index contributed by atoms with van der Waals surface area (Å²) in [7, 11) is 0. The van der Waals surface area contributed by atoms with Crippen LogP contribution in [0.4, 0.5) is 0 Å². The van der Waals surface area contributed by atoms with E-state index in [4.69, 9.17) is 11.6 Å². The van der Waals surface area contributed by atoms with Crippen LogP contribution in [0.3, 0.4) is 0 Å². The molecule has 0 unspecified atom stereocenters. The van der Waals surface area contributed by atoms with Crippen molar-refractivity contribution in [1.29, 1.82) is 0 Å². The van der Waals surface area contributed by atoms with Gasteiger partial charge in [-0.15, -0.1) is 0 Å². The molecule has 0 fully saturated rings. The predicted octanol–water partition coefficient (Wildman–Crippen LogP) is 2.67. The predicted molar refractivity (Wildman–Crippen MR) is 56.1 cm³/mol. The summed E-state index contributed by atoms with van der Waals surface area (Å²) < 4.78 is 0. The van der Waals surface area contributed by atoms with Crippen molar-refractivity contribution in [3.8, 4) is 0 Å². The van der Waals surface area contributed by atoms with E-state index in [9.17, 15) is 4.79 Å². The monoisotopic (exact) mass is 202 g/mol. The molecule has 1 aromatic rings. The van der Waals surface area contributed by atoms with Crippen LogP contribution in [0, 0.1) is 0 Å². The second-order valence-electron chi connectivity index (χ2n) is 2.44. The third-order valence-electron chi connectivity index (χ3n) is 1.64. The van der Waals surface area contributed by atoms with Crippen molar-refractivity contribution in [2.45, 2.75) is 12.8 Å². The molecule has 0 aliphatic rings. The number of benzene rings is 1. The molecule has 0 aliphatic carbocycles. The first-order chi connectivity index (χ1) is 5.22. The van der Waals surface area contributed by atoms with E-state index < -0.39 is 0 Å². The van der Waals surface area contributed by atoms with E-state index in [1.54, 1.807) is 6.92 Å². The molecular formula is C9H11ClOS. The smallest absolute Gasteiger partial charge is 0.228 e. The highest BCUT2D eigenvalue weighted by Gasteiger charge is 2.10. The Hall–Kier alpha value is -0.470. The zero-order chi connectivity index (χ0) is 8.27. The lowest BCUT2D eigenvalue weighted by molar-refractivity contribution is -0.112. The largest absolute Gasteiger partial charge is 0.281 e. The number of rotatable bonds is 2. The van der Waals surface area contributed by atoms with Crippen molar-refractivity contribution >= 4 is 30.3 Å². The molecule has 3 heteroatoms. The Morgan fingerprint density at radius 3 is 2.25 bits per heavy atom. The molecule has 0 N–H and O–H groups in total. The van der Waals surface area contributed by atoms with Gasteiger partial charge in [0.2, 0.25) is 5.24 Å². The van der Waals surface area contributed by atoms with E-state index in [1.807, 2.05) is 30.3 Å². The summed E-state index contributed by atoms with van der Waals surface area (Å²) in [6.07, 6.45) is 0. The van der Waals surface area contributed by atoms with Gasteiger partial charge in [-0.05, 0) is 17.2 Å². The number of carbonyl (C=O) groups is 1. The van der Waals surface area contributed by atoms with Gasteiger partial charge in [0.1, 0.15) is 0 Å². The lowest BCUT2D eigenvalue weighted by atomic mass is 10.0.